The summed E-state index contributed by atoms with van der Waals surface area (Å²) in [7, 11) is 1.91. The van der Waals surface area contributed by atoms with Crippen molar-refractivity contribution in [1.29, 1.82) is 0 Å². The Kier molecular flexibility index (Phi) is 4.28. The number of nitrogens with zero attached hydrogens (tertiary/aromatic N) is 2. The van der Waals surface area contributed by atoms with E-state index in [9.17, 15) is 14.9 Å². The van der Waals surface area contributed by atoms with Crippen LogP contribution in [0.2, 0.25) is 5.02 Å². The molecule has 0 aliphatic heterocycles. The van der Waals surface area contributed by atoms with Gasteiger partial charge in [0.05, 0.1) is 22.1 Å². The molecular weight excluding hydrogens is 294 g/mol. The fourth-order valence-electron chi connectivity index (χ4n) is 1.91. The third-order valence-electron chi connectivity index (χ3n) is 3.31. The molecule has 1 amide bonds. The maximum Gasteiger partial charge on any atom is 0.270 e. The number of rotatable bonds is 4. The standard InChI is InChI=1S/C14H14ClN3O3/c1-9-3-4-11(17(9)2)8-16-14(19)12-6-5-10(18(20)21)7-13(12)15/h3-7H,8H2,1-2H3,(H,16,19). The van der Waals surface area contributed by atoms with Crippen molar-refractivity contribution in [2.24, 2.45) is 7.05 Å². The molecule has 0 bridgehead atoms. The number of nitrogens with one attached hydrogen (secondary N) is 1. The lowest BCUT2D eigenvalue weighted by Crippen LogP contribution is -2.24. The van der Waals surface area contributed by atoms with Crippen LogP contribution in [0.1, 0.15) is 21.7 Å². The normalized spacial score (nSPS) is 10.4. The summed E-state index contributed by atoms with van der Waals surface area (Å²) in [6.45, 7) is 2.33. The minimum atomic E-state index is -0.555. The molecule has 21 heavy (non-hydrogen) atoms. The fraction of sp³-hybridized carbons (Fsp3) is 0.214. The van der Waals surface area contributed by atoms with Gasteiger partial charge in [-0.25, -0.2) is 0 Å². The second-order valence-electron chi connectivity index (χ2n) is 4.63. The van der Waals surface area contributed by atoms with E-state index in [2.05, 4.69) is 5.32 Å². The van der Waals surface area contributed by atoms with Crippen LogP contribution in [0.3, 0.4) is 0 Å². The van der Waals surface area contributed by atoms with Crippen LogP contribution in [0.15, 0.2) is 30.3 Å². The number of hydrogen-bond donors (Lipinski definition) is 1. The molecule has 2 aromatic rings. The van der Waals surface area contributed by atoms with E-state index in [1.807, 2.05) is 30.7 Å². The molecule has 0 radical (unpaired) electrons. The van der Waals surface area contributed by atoms with E-state index in [-0.39, 0.29) is 22.2 Å². The van der Waals surface area contributed by atoms with Crippen LogP contribution in [-0.4, -0.2) is 15.4 Å². The van der Waals surface area contributed by atoms with Gasteiger partial charge in [0.15, 0.2) is 0 Å². The maximum atomic E-state index is 12.1. The Hall–Kier alpha value is -2.34. The predicted molar refractivity (Wildman–Crippen MR) is 79.4 cm³/mol. The van der Waals surface area contributed by atoms with E-state index >= 15 is 0 Å². The Bertz CT molecular complexity index is 709. The number of aromatic nitrogens is 1. The molecule has 0 fully saturated rings. The van der Waals surface area contributed by atoms with E-state index in [0.29, 0.717) is 6.54 Å². The van der Waals surface area contributed by atoms with Crippen molar-refractivity contribution in [1.82, 2.24) is 9.88 Å². The van der Waals surface area contributed by atoms with Gasteiger partial charge in [0.1, 0.15) is 0 Å². The van der Waals surface area contributed by atoms with E-state index < -0.39 is 4.92 Å². The summed E-state index contributed by atoms with van der Waals surface area (Å²) in [5.74, 6) is -0.367. The third-order valence-corrected chi connectivity index (χ3v) is 3.63. The van der Waals surface area contributed by atoms with Crippen molar-refractivity contribution < 1.29 is 9.72 Å². The second-order valence-corrected chi connectivity index (χ2v) is 5.04. The summed E-state index contributed by atoms with van der Waals surface area (Å²) in [6.07, 6.45) is 0. The molecule has 2 rings (SSSR count). The van der Waals surface area contributed by atoms with Crippen LogP contribution in [0.25, 0.3) is 0 Å². The van der Waals surface area contributed by atoms with Crippen LogP contribution >= 0.6 is 11.6 Å². The number of halogens is 1. The predicted octanol–water partition coefficient (Wildman–Crippen LogP) is 2.83. The molecule has 0 aliphatic carbocycles. The van der Waals surface area contributed by atoms with Gasteiger partial charge < -0.3 is 9.88 Å². The van der Waals surface area contributed by atoms with Crippen LogP contribution in [-0.2, 0) is 13.6 Å². The first kappa shape index (κ1) is 15.1. The van der Waals surface area contributed by atoms with E-state index in [0.717, 1.165) is 11.4 Å². The summed E-state index contributed by atoms with van der Waals surface area (Å²) in [6, 6.07) is 7.66. The van der Waals surface area contributed by atoms with E-state index in [1.54, 1.807) is 0 Å². The van der Waals surface area contributed by atoms with Gasteiger partial charge in [-0.3, -0.25) is 14.9 Å². The number of non-ortho nitro benzene ring substituents is 1. The number of carbonyl (C=O) groups excluding carboxylic acids is 1. The highest BCUT2D eigenvalue weighted by atomic mass is 35.5. The van der Waals surface area contributed by atoms with Gasteiger partial charge in [-0.15, -0.1) is 0 Å². The average molecular weight is 308 g/mol. The maximum absolute atomic E-state index is 12.1. The molecule has 0 saturated heterocycles. The zero-order valence-electron chi connectivity index (χ0n) is 11.6. The zero-order chi connectivity index (χ0) is 15.6. The molecular formula is C14H14ClN3O3. The zero-order valence-corrected chi connectivity index (χ0v) is 12.3. The molecule has 110 valence electrons. The number of carbonyl (C=O) groups is 1. The van der Waals surface area contributed by atoms with Crippen LogP contribution in [0.4, 0.5) is 5.69 Å². The molecule has 0 spiro atoms. The number of aryl methyl sites for hydroxylation is 1. The molecule has 7 heteroatoms. The van der Waals surface area contributed by atoms with Crippen molar-refractivity contribution in [3.8, 4) is 0 Å². The van der Waals surface area contributed by atoms with Crippen LogP contribution in [0.5, 0.6) is 0 Å². The Balaban J connectivity index is 2.10. The second kappa shape index (κ2) is 5.97. The number of hydrogen-bond acceptors (Lipinski definition) is 3. The number of nitro benzene ring substituents is 1. The first-order valence-corrected chi connectivity index (χ1v) is 6.61. The van der Waals surface area contributed by atoms with Crippen molar-refractivity contribution in [3.05, 3.63) is 62.4 Å². The Morgan fingerprint density at radius 3 is 2.62 bits per heavy atom. The highest BCUT2D eigenvalue weighted by Crippen LogP contribution is 2.22. The molecule has 1 N–H and O–H groups in total. The Morgan fingerprint density at radius 1 is 1.38 bits per heavy atom. The first-order chi connectivity index (χ1) is 9.90. The summed E-state index contributed by atoms with van der Waals surface area (Å²) in [4.78, 5) is 22.1. The summed E-state index contributed by atoms with van der Waals surface area (Å²) >= 11 is 5.91. The highest BCUT2D eigenvalue weighted by molar-refractivity contribution is 6.34. The lowest BCUT2D eigenvalue weighted by Gasteiger charge is -2.08. The Labute approximate surface area is 126 Å². The van der Waals surface area contributed by atoms with Crippen LogP contribution in [0, 0.1) is 17.0 Å². The van der Waals surface area contributed by atoms with Crippen molar-refractivity contribution in [2.75, 3.05) is 0 Å². The monoisotopic (exact) mass is 307 g/mol. The minimum absolute atomic E-state index is 0.0600. The molecule has 1 heterocycles. The van der Waals surface area contributed by atoms with Crippen molar-refractivity contribution in [3.63, 3.8) is 0 Å². The molecule has 1 aromatic heterocycles. The number of amides is 1. The largest absolute Gasteiger partial charge is 0.350 e. The quantitative estimate of drug-likeness (QED) is 0.697. The van der Waals surface area contributed by atoms with Crippen LogP contribution < -0.4 is 5.32 Å². The summed E-state index contributed by atoms with van der Waals surface area (Å²) in [5.41, 5.74) is 2.12. The van der Waals surface area contributed by atoms with Gasteiger partial charge in [0.25, 0.3) is 11.6 Å². The molecule has 0 aliphatic rings. The molecule has 6 nitrogen and oxygen atoms in total. The third kappa shape index (κ3) is 3.22. The van der Waals surface area contributed by atoms with Crippen molar-refractivity contribution >= 4 is 23.2 Å². The topological polar surface area (TPSA) is 77.2 Å². The molecule has 1 aromatic carbocycles. The molecule has 0 atom stereocenters. The number of nitro groups is 1. The van der Waals surface area contributed by atoms with Gasteiger partial charge in [0.2, 0.25) is 0 Å². The minimum Gasteiger partial charge on any atom is -0.350 e. The molecule has 0 unspecified atom stereocenters. The lowest BCUT2D eigenvalue weighted by molar-refractivity contribution is -0.384. The lowest BCUT2D eigenvalue weighted by atomic mass is 10.2. The van der Waals surface area contributed by atoms with Crippen molar-refractivity contribution in [2.45, 2.75) is 13.5 Å². The summed E-state index contributed by atoms with van der Waals surface area (Å²) in [5, 5.41) is 13.4. The smallest absolute Gasteiger partial charge is 0.270 e. The SMILES string of the molecule is Cc1ccc(CNC(=O)c2ccc([N+](=O)[O-])cc2Cl)n1C. The fourth-order valence-corrected chi connectivity index (χ4v) is 2.17. The number of benzene rings is 1. The summed E-state index contributed by atoms with van der Waals surface area (Å²) < 4.78 is 1.97. The first-order valence-electron chi connectivity index (χ1n) is 6.23. The average Bonchev–Trinajstić information content (AvgIpc) is 2.76. The van der Waals surface area contributed by atoms with Gasteiger partial charge in [-0.1, -0.05) is 11.6 Å². The van der Waals surface area contributed by atoms with E-state index in [1.165, 1.54) is 18.2 Å². The molecule has 0 saturated carbocycles. The van der Waals surface area contributed by atoms with Gasteiger partial charge in [-0.2, -0.15) is 0 Å². The van der Waals surface area contributed by atoms with Gasteiger partial charge in [0, 0.05) is 30.6 Å². The van der Waals surface area contributed by atoms with Gasteiger partial charge >= 0.3 is 0 Å². The van der Waals surface area contributed by atoms with E-state index in [4.69, 9.17) is 11.6 Å². The highest BCUT2D eigenvalue weighted by Gasteiger charge is 2.15. The Morgan fingerprint density at radius 2 is 2.10 bits per heavy atom. The van der Waals surface area contributed by atoms with Gasteiger partial charge in [-0.05, 0) is 25.1 Å².